The van der Waals surface area contributed by atoms with Gasteiger partial charge in [-0.25, -0.2) is 4.79 Å². The Balaban J connectivity index is 1.56. The van der Waals surface area contributed by atoms with Crippen LogP contribution in [0.5, 0.6) is 0 Å². The minimum atomic E-state index is -0.0369. The van der Waals surface area contributed by atoms with Gasteiger partial charge in [-0.2, -0.15) is 0 Å². The Labute approximate surface area is 144 Å². The number of urea groups is 1. The number of furan rings is 1. The second-order valence-corrected chi connectivity index (χ2v) is 7.03. The zero-order chi connectivity index (χ0) is 17.1. The third kappa shape index (κ3) is 3.92. The van der Waals surface area contributed by atoms with Crippen LogP contribution in [-0.2, 0) is 4.74 Å². The minimum absolute atomic E-state index is 0.00848. The van der Waals surface area contributed by atoms with E-state index in [-0.39, 0.29) is 12.1 Å². The summed E-state index contributed by atoms with van der Waals surface area (Å²) in [5, 5.41) is 3.13. The first-order valence-electron chi connectivity index (χ1n) is 9.01. The van der Waals surface area contributed by atoms with Gasteiger partial charge in [0.15, 0.2) is 0 Å². The van der Waals surface area contributed by atoms with Crippen molar-refractivity contribution in [1.82, 2.24) is 15.1 Å². The van der Waals surface area contributed by atoms with Crippen molar-refractivity contribution in [3.63, 3.8) is 0 Å². The van der Waals surface area contributed by atoms with Crippen LogP contribution in [0.2, 0.25) is 0 Å². The number of morpholine rings is 1. The third-order valence-corrected chi connectivity index (χ3v) is 5.08. The van der Waals surface area contributed by atoms with Gasteiger partial charge in [0.25, 0.3) is 0 Å². The zero-order valence-corrected chi connectivity index (χ0v) is 14.9. The molecule has 1 aliphatic carbocycles. The Hall–Kier alpha value is -1.53. The first-order valence-corrected chi connectivity index (χ1v) is 9.01. The smallest absolute Gasteiger partial charge is 0.318 e. The van der Waals surface area contributed by atoms with E-state index < -0.39 is 0 Å². The summed E-state index contributed by atoms with van der Waals surface area (Å²) in [5.41, 5.74) is 0. The summed E-state index contributed by atoms with van der Waals surface area (Å²) in [6.45, 7) is 9.48. The number of nitrogens with zero attached hydrogens (tertiary/aromatic N) is 2. The Kier molecular flexibility index (Phi) is 5.46. The average Bonchev–Trinajstić information content (AvgIpc) is 3.24. The number of carbonyl (C=O) groups excluding carboxylic acids is 1. The molecule has 0 spiro atoms. The highest BCUT2D eigenvalue weighted by Gasteiger charge is 2.37. The van der Waals surface area contributed by atoms with Crippen molar-refractivity contribution in [3.8, 4) is 0 Å². The van der Waals surface area contributed by atoms with E-state index in [1.165, 1.54) is 0 Å². The van der Waals surface area contributed by atoms with E-state index in [2.05, 4.69) is 24.1 Å². The molecule has 134 valence electrons. The Morgan fingerprint density at radius 1 is 1.46 bits per heavy atom. The molecule has 0 unspecified atom stereocenters. The summed E-state index contributed by atoms with van der Waals surface area (Å²) < 4.78 is 11.0. The molecule has 2 fully saturated rings. The fourth-order valence-corrected chi connectivity index (χ4v) is 3.52. The third-order valence-electron chi connectivity index (χ3n) is 5.08. The van der Waals surface area contributed by atoms with Crippen LogP contribution in [0.4, 0.5) is 4.79 Å². The number of hydrogen-bond donors (Lipinski definition) is 1. The fourth-order valence-electron chi connectivity index (χ4n) is 3.52. The molecule has 0 radical (unpaired) electrons. The van der Waals surface area contributed by atoms with Gasteiger partial charge in [0.2, 0.25) is 0 Å². The first kappa shape index (κ1) is 17.3. The van der Waals surface area contributed by atoms with Crippen LogP contribution >= 0.6 is 0 Å². The summed E-state index contributed by atoms with van der Waals surface area (Å²) in [4.78, 5) is 17.1. The second-order valence-electron chi connectivity index (χ2n) is 7.03. The van der Waals surface area contributed by atoms with Crippen LogP contribution in [0, 0.1) is 0 Å². The Bertz CT molecular complexity index is 530. The maximum Gasteiger partial charge on any atom is 0.318 e. The first-order chi connectivity index (χ1) is 11.6. The van der Waals surface area contributed by atoms with E-state index in [1.807, 2.05) is 24.0 Å². The number of rotatable bonds is 6. The van der Waals surface area contributed by atoms with Crippen molar-refractivity contribution in [3.05, 3.63) is 24.2 Å². The highest BCUT2D eigenvalue weighted by Crippen LogP contribution is 2.34. The van der Waals surface area contributed by atoms with Crippen LogP contribution in [0.25, 0.3) is 0 Å². The van der Waals surface area contributed by atoms with Gasteiger partial charge < -0.3 is 19.4 Å². The Morgan fingerprint density at radius 3 is 2.88 bits per heavy atom. The van der Waals surface area contributed by atoms with Gasteiger partial charge in [0.1, 0.15) is 5.76 Å². The van der Waals surface area contributed by atoms with Crippen molar-refractivity contribution >= 4 is 6.03 Å². The molecule has 1 saturated carbocycles. The molecule has 2 aliphatic rings. The maximum absolute atomic E-state index is 12.8. The predicted octanol–water partition coefficient (Wildman–Crippen LogP) is 2.62. The van der Waals surface area contributed by atoms with Gasteiger partial charge in [-0.15, -0.1) is 0 Å². The number of carbonyl (C=O) groups is 1. The molecule has 1 aliphatic heterocycles. The van der Waals surface area contributed by atoms with E-state index >= 15 is 0 Å². The lowest BCUT2D eigenvalue weighted by molar-refractivity contribution is -0.0178. The molecule has 1 aromatic rings. The molecule has 6 heteroatoms. The van der Waals surface area contributed by atoms with Crippen molar-refractivity contribution in [2.75, 3.05) is 26.3 Å². The summed E-state index contributed by atoms with van der Waals surface area (Å²) in [7, 11) is 0. The van der Waals surface area contributed by atoms with Gasteiger partial charge in [-0.3, -0.25) is 4.90 Å². The largest absolute Gasteiger partial charge is 0.467 e. The van der Waals surface area contributed by atoms with Gasteiger partial charge in [-0.05, 0) is 45.7 Å². The molecule has 1 N–H and O–H groups in total. The number of ether oxygens (including phenoxy) is 1. The highest BCUT2D eigenvalue weighted by molar-refractivity contribution is 5.75. The SMILES string of the molecule is C[C@H](c1ccco1)N(C(=O)NC[C@@H](C)N1CCOC[C@H]1C)C1CC1. The van der Waals surface area contributed by atoms with E-state index in [9.17, 15) is 4.79 Å². The zero-order valence-electron chi connectivity index (χ0n) is 14.9. The summed E-state index contributed by atoms with van der Waals surface area (Å²) >= 11 is 0. The quantitative estimate of drug-likeness (QED) is 0.868. The standard InChI is InChI=1S/C18H29N3O3/c1-13(20-8-10-23-12-14(20)2)11-19-18(22)21(16-6-7-16)15(3)17-5-4-9-24-17/h4-5,9,13-16H,6-8,10-12H2,1-3H3,(H,19,22)/t13-,14-,15-/m1/s1. The molecule has 3 atom stereocenters. The topological polar surface area (TPSA) is 58.0 Å². The average molecular weight is 335 g/mol. The van der Waals surface area contributed by atoms with Crippen LogP contribution in [-0.4, -0.2) is 60.3 Å². The summed E-state index contributed by atoms with van der Waals surface area (Å²) in [6.07, 6.45) is 3.82. The fraction of sp³-hybridized carbons (Fsp3) is 0.722. The lowest BCUT2D eigenvalue weighted by atomic mass is 10.2. The maximum atomic E-state index is 12.8. The van der Waals surface area contributed by atoms with E-state index in [1.54, 1.807) is 6.26 Å². The van der Waals surface area contributed by atoms with Crippen LogP contribution < -0.4 is 5.32 Å². The number of hydrogen-bond acceptors (Lipinski definition) is 4. The minimum Gasteiger partial charge on any atom is -0.467 e. The van der Waals surface area contributed by atoms with Crippen LogP contribution in [0.15, 0.2) is 22.8 Å². The number of nitrogens with one attached hydrogen (secondary N) is 1. The molecule has 1 saturated heterocycles. The molecular formula is C18H29N3O3. The number of amides is 2. The molecule has 3 rings (SSSR count). The summed E-state index contributed by atoms with van der Waals surface area (Å²) in [6, 6.07) is 4.81. The normalized spacial score (nSPS) is 24.4. The van der Waals surface area contributed by atoms with Crippen molar-refractivity contribution in [1.29, 1.82) is 0 Å². The monoisotopic (exact) mass is 335 g/mol. The predicted molar refractivity (Wildman–Crippen MR) is 91.8 cm³/mol. The molecule has 1 aromatic heterocycles. The lowest BCUT2D eigenvalue weighted by Crippen LogP contribution is -2.53. The van der Waals surface area contributed by atoms with Gasteiger partial charge in [-0.1, -0.05) is 0 Å². The van der Waals surface area contributed by atoms with Crippen molar-refractivity contribution < 1.29 is 13.9 Å². The lowest BCUT2D eigenvalue weighted by Gasteiger charge is -2.38. The van der Waals surface area contributed by atoms with E-state index in [0.717, 1.165) is 38.4 Å². The summed E-state index contributed by atoms with van der Waals surface area (Å²) in [5.74, 6) is 0.840. The van der Waals surface area contributed by atoms with E-state index in [4.69, 9.17) is 9.15 Å². The molecule has 0 aromatic carbocycles. The Morgan fingerprint density at radius 2 is 2.25 bits per heavy atom. The van der Waals surface area contributed by atoms with Crippen molar-refractivity contribution in [2.45, 2.75) is 57.8 Å². The van der Waals surface area contributed by atoms with Crippen LogP contribution in [0.1, 0.15) is 45.4 Å². The van der Waals surface area contributed by atoms with Gasteiger partial charge in [0.05, 0.1) is 25.5 Å². The van der Waals surface area contributed by atoms with Gasteiger partial charge in [0, 0.05) is 31.2 Å². The highest BCUT2D eigenvalue weighted by atomic mass is 16.5. The van der Waals surface area contributed by atoms with Gasteiger partial charge >= 0.3 is 6.03 Å². The molecule has 2 amide bonds. The molecular weight excluding hydrogens is 306 g/mol. The second kappa shape index (κ2) is 7.57. The molecule has 6 nitrogen and oxygen atoms in total. The molecule has 2 heterocycles. The van der Waals surface area contributed by atoms with E-state index in [0.29, 0.717) is 24.7 Å². The molecule has 24 heavy (non-hydrogen) atoms. The van der Waals surface area contributed by atoms with Crippen LogP contribution in [0.3, 0.4) is 0 Å². The van der Waals surface area contributed by atoms with Crippen molar-refractivity contribution in [2.24, 2.45) is 0 Å². The molecule has 0 bridgehead atoms.